The lowest BCUT2D eigenvalue weighted by molar-refractivity contribution is 0.0296. The van der Waals surface area contributed by atoms with Gasteiger partial charge >= 0.3 is 0 Å². The highest BCUT2D eigenvalue weighted by Crippen LogP contribution is 2.24. The lowest BCUT2D eigenvalue weighted by Gasteiger charge is -2.26. The summed E-state index contributed by atoms with van der Waals surface area (Å²) < 4.78 is 28.3. The lowest BCUT2D eigenvalue weighted by Crippen LogP contribution is -2.41. The van der Waals surface area contributed by atoms with Crippen LogP contribution in [-0.4, -0.2) is 55.7 Å². The van der Waals surface area contributed by atoms with Gasteiger partial charge in [0.05, 0.1) is 18.9 Å². The number of morpholine rings is 1. The van der Waals surface area contributed by atoms with Gasteiger partial charge in [-0.1, -0.05) is 6.92 Å². The maximum Gasteiger partial charge on any atom is 0.275 e. The molecule has 19 heavy (non-hydrogen) atoms. The number of carbonyl (C=O) groups excluding carboxylic acids is 1. The van der Waals surface area contributed by atoms with E-state index in [1.807, 2.05) is 0 Å². The number of aromatic nitrogens is 2. The quantitative estimate of drug-likeness (QED) is 0.815. The summed E-state index contributed by atoms with van der Waals surface area (Å²) in [4.78, 5) is 13.6. The summed E-state index contributed by atoms with van der Waals surface area (Å²) in [7, 11) is 1.37. The molecule has 2 rings (SSSR count). The summed E-state index contributed by atoms with van der Waals surface area (Å²) >= 11 is 0. The first-order valence-electron chi connectivity index (χ1n) is 5.84. The summed E-state index contributed by atoms with van der Waals surface area (Å²) in [6, 6.07) is 0. The monoisotopic (exact) mass is 307 g/mol. The third-order valence-corrected chi connectivity index (χ3v) is 4.28. The van der Waals surface area contributed by atoms with Gasteiger partial charge in [-0.25, -0.2) is 8.42 Å². The molecular formula is C10H14ClN3O4S. The first-order valence-corrected chi connectivity index (χ1v) is 8.15. The Kier molecular flexibility index (Phi) is 4.12. The average molecular weight is 308 g/mol. The number of H-pyrrole nitrogens is 1. The first-order chi connectivity index (χ1) is 8.95. The molecule has 1 aromatic heterocycles. The molecule has 0 unspecified atom stereocenters. The summed E-state index contributed by atoms with van der Waals surface area (Å²) in [6.07, 6.45) is 0.394. The smallest absolute Gasteiger partial charge is 0.275 e. The fourth-order valence-electron chi connectivity index (χ4n) is 1.93. The van der Waals surface area contributed by atoms with Crippen LogP contribution in [0.1, 0.15) is 23.1 Å². The van der Waals surface area contributed by atoms with Crippen molar-refractivity contribution < 1.29 is 17.9 Å². The standard InChI is InChI=1S/C10H14ClN3O4S/c1-2-7-9(19(11,16)17)8(13-12-7)10(15)14-3-5-18-6-4-14/h2-6H2,1H3,(H,12,13). The van der Waals surface area contributed by atoms with Crippen molar-refractivity contribution >= 4 is 25.6 Å². The SMILES string of the molecule is CCc1[nH]nc(C(=O)N2CCOCC2)c1S(=O)(=O)Cl. The molecule has 1 aliphatic rings. The molecule has 0 spiro atoms. The number of carbonyl (C=O) groups is 1. The van der Waals surface area contributed by atoms with Gasteiger partial charge in [0.15, 0.2) is 5.69 Å². The molecule has 1 fully saturated rings. The van der Waals surface area contributed by atoms with Crippen molar-refractivity contribution in [3.05, 3.63) is 11.4 Å². The van der Waals surface area contributed by atoms with Crippen molar-refractivity contribution in [2.75, 3.05) is 26.3 Å². The van der Waals surface area contributed by atoms with E-state index in [4.69, 9.17) is 15.4 Å². The zero-order chi connectivity index (χ0) is 14.0. The molecule has 0 aromatic carbocycles. The van der Waals surface area contributed by atoms with E-state index in [1.54, 1.807) is 6.92 Å². The predicted molar refractivity (Wildman–Crippen MR) is 67.7 cm³/mol. The second kappa shape index (κ2) is 5.48. The van der Waals surface area contributed by atoms with Crippen LogP contribution in [0.3, 0.4) is 0 Å². The molecule has 1 amide bonds. The Morgan fingerprint density at radius 3 is 2.63 bits per heavy atom. The maximum absolute atomic E-state index is 12.3. The molecule has 7 nitrogen and oxygen atoms in total. The molecule has 0 bridgehead atoms. The number of hydrogen-bond donors (Lipinski definition) is 1. The van der Waals surface area contributed by atoms with Gasteiger partial charge in [0.1, 0.15) is 4.90 Å². The van der Waals surface area contributed by atoms with Gasteiger partial charge in [0.2, 0.25) is 0 Å². The fourth-order valence-corrected chi connectivity index (χ4v) is 3.28. The van der Waals surface area contributed by atoms with Crippen molar-refractivity contribution in [2.24, 2.45) is 0 Å². The number of hydrogen-bond acceptors (Lipinski definition) is 5. The van der Waals surface area contributed by atoms with E-state index in [2.05, 4.69) is 10.2 Å². The summed E-state index contributed by atoms with van der Waals surface area (Å²) in [6.45, 7) is 3.44. The Morgan fingerprint density at radius 2 is 2.11 bits per heavy atom. The van der Waals surface area contributed by atoms with Crippen LogP contribution in [-0.2, 0) is 20.2 Å². The second-order valence-electron chi connectivity index (χ2n) is 4.08. The third-order valence-electron chi connectivity index (χ3n) is 2.89. The molecule has 1 saturated heterocycles. The maximum atomic E-state index is 12.3. The number of aromatic amines is 1. The van der Waals surface area contributed by atoms with Gasteiger partial charge in [-0.2, -0.15) is 5.10 Å². The van der Waals surface area contributed by atoms with E-state index in [1.165, 1.54) is 4.90 Å². The van der Waals surface area contributed by atoms with E-state index < -0.39 is 15.0 Å². The van der Waals surface area contributed by atoms with Crippen molar-refractivity contribution in [3.8, 4) is 0 Å². The van der Waals surface area contributed by atoms with Gasteiger partial charge < -0.3 is 9.64 Å². The molecular weight excluding hydrogens is 294 g/mol. The second-order valence-corrected chi connectivity index (χ2v) is 6.58. The number of amides is 1. The van der Waals surface area contributed by atoms with E-state index >= 15 is 0 Å². The molecule has 9 heteroatoms. The highest BCUT2D eigenvalue weighted by Gasteiger charge is 2.31. The van der Waals surface area contributed by atoms with Crippen molar-refractivity contribution in [3.63, 3.8) is 0 Å². The van der Waals surface area contributed by atoms with Gasteiger partial charge in [-0.05, 0) is 6.42 Å². The minimum atomic E-state index is -4.02. The minimum absolute atomic E-state index is 0.145. The van der Waals surface area contributed by atoms with Crippen molar-refractivity contribution in [1.29, 1.82) is 0 Å². The molecule has 106 valence electrons. The minimum Gasteiger partial charge on any atom is -0.378 e. The Balaban J connectivity index is 2.39. The van der Waals surface area contributed by atoms with Gasteiger partial charge in [0, 0.05) is 23.8 Å². The Labute approximate surface area is 115 Å². The molecule has 0 atom stereocenters. The van der Waals surface area contributed by atoms with Gasteiger partial charge in [0.25, 0.3) is 15.0 Å². The molecule has 2 heterocycles. The predicted octanol–water partition coefficient (Wildman–Crippen LogP) is 0.372. The number of ether oxygens (including phenoxy) is 1. The normalized spacial score (nSPS) is 16.6. The first kappa shape index (κ1) is 14.3. The van der Waals surface area contributed by atoms with Gasteiger partial charge in [-0.15, -0.1) is 0 Å². The highest BCUT2D eigenvalue weighted by atomic mass is 35.7. The van der Waals surface area contributed by atoms with E-state index in [0.29, 0.717) is 38.4 Å². The molecule has 1 N–H and O–H groups in total. The molecule has 1 aliphatic heterocycles. The van der Waals surface area contributed by atoms with E-state index in [9.17, 15) is 13.2 Å². The molecule has 0 saturated carbocycles. The third kappa shape index (κ3) is 2.90. The largest absolute Gasteiger partial charge is 0.378 e. The zero-order valence-corrected chi connectivity index (χ0v) is 11.9. The topological polar surface area (TPSA) is 92.4 Å². The number of rotatable bonds is 3. The highest BCUT2D eigenvalue weighted by molar-refractivity contribution is 8.13. The van der Waals surface area contributed by atoms with Crippen LogP contribution in [0, 0.1) is 0 Å². The molecule has 1 aromatic rings. The van der Waals surface area contributed by atoms with E-state index in [0.717, 1.165) is 0 Å². The van der Waals surface area contributed by atoms with Gasteiger partial charge in [-0.3, -0.25) is 9.89 Å². The van der Waals surface area contributed by atoms with Crippen LogP contribution in [0.15, 0.2) is 4.90 Å². The zero-order valence-electron chi connectivity index (χ0n) is 10.3. The van der Waals surface area contributed by atoms with Crippen LogP contribution in [0.25, 0.3) is 0 Å². The number of halogens is 1. The van der Waals surface area contributed by atoms with Crippen LogP contribution in [0.4, 0.5) is 0 Å². The van der Waals surface area contributed by atoms with Crippen LogP contribution >= 0.6 is 10.7 Å². The Hall–Kier alpha value is -1.12. The van der Waals surface area contributed by atoms with Crippen LogP contribution in [0.5, 0.6) is 0 Å². The van der Waals surface area contributed by atoms with Crippen LogP contribution in [0.2, 0.25) is 0 Å². The lowest BCUT2D eigenvalue weighted by atomic mass is 10.2. The summed E-state index contributed by atoms with van der Waals surface area (Å²) in [5.74, 6) is -0.446. The molecule has 0 aliphatic carbocycles. The number of nitrogens with one attached hydrogen (secondary N) is 1. The Bertz CT molecular complexity index is 578. The fraction of sp³-hybridized carbons (Fsp3) is 0.600. The average Bonchev–Trinajstić information content (AvgIpc) is 2.82. The van der Waals surface area contributed by atoms with Crippen molar-refractivity contribution in [2.45, 2.75) is 18.2 Å². The summed E-state index contributed by atoms with van der Waals surface area (Å²) in [5, 5.41) is 6.37. The number of nitrogens with zero attached hydrogens (tertiary/aromatic N) is 2. The molecule has 0 radical (unpaired) electrons. The van der Waals surface area contributed by atoms with Crippen LogP contribution < -0.4 is 0 Å². The number of aryl methyl sites for hydroxylation is 1. The Morgan fingerprint density at radius 1 is 1.47 bits per heavy atom. The van der Waals surface area contributed by atoms with E-state index in [-0.39, 0.29) is 10.6 Å². The van der Waals surface area contributed by atoms with Crippen molar-refractivity contribution in [1.82, 2.24) is 15.1 Å². The summed E-state index contributed by atoms with van der Waals surface area (Å²) in [5.41, 5.74) is 0.195.